The highest BCUT2D eigenvalue weighted by Crippen LogP contribution is 2.39. The first-order valence-electron chi connectivity index (χ1n) is 5.32. The van der Waals surface area contributed by atoms with E-state index in [9.17, 15) is 5.11 Å². The van der Waals surface area contributed by atoms with Gasteiger partial charge >= 0.3 is 0 Å². The summed E-state index contributed by atoms with van der Waals surface area (Å²) in [6.07, 6.45) is 0.875. The molecular formula is C12H15BrO3. The summed E-state index contributed by atoms with van der Waals surface area (Å²) in [4.78, 5) is 0. The van der Waals surface area contributed by atoms with Crippen molar-refractivity contribution >= 4 is 15.9 Å². The minimum atomic E-state index is -0.0329. The van der Waals surface area contributed by atoms with Crippen LogP contribution in [-0.4, -0.2) is 25.4 Å². The topological polar surface area (TPSA) is 38.7 Å². The summed E-state index contributed by atoms with van der Waals surface area (Å²) in [5, 5.41) is 9.29. The van der Waals surface area contributed by atoms with Gasteiger partial charge in [0.25, 0.3) is 0 Å². The maximum Gasteiger partial charge on any atom is 0.119 e. The maximum atomic E-state index is 9.29. The van der Waals surface area contributed by atoms with Crippen LogP contribution in [0.2, 0.25) is 0 Å². The molecule has 1 saturated heterocycles. The SMILES string of the molecule is COc1ccc(Br)c(C2OCCC2CO)c1. The van der Waals surface area contributed by atoms with Crippen LogP contribution < -0.4 is 4.74 Å². The zero-order valence-electron chi connectivity index (χ0n) is 9.15. The summed E-state index contributed by atoms with van der Waals surface area (Å²) < 4.78 is 11.9. The Morgan fingerprint density at radius 3 is 3.06 bits per heavy atom. The molecule has 1 N–H and O–H groups in total. The molecule has 2 rings (SSSR count). The smallest absolute Gasteiger partial charge is 0.119 e. The van der Waals surface area contributed by atoms with Crippen molar-refractivity contribution in [2.24, 2.45) is 5.92 Å². The Kier molecular flexibility index (Phi) is 3.84. The van der Waals surface area contributed by atoms with Crippen molar-refractivity contribution in [1.82, 2.24) is 0 Å². The lowest BCUT2D eigenvalue weighted by molar-refractivity contribution is 0.0714. The van der Waals surface area contributed by atoms with Crippen molar-refractivity contribution in [3.05, 3.63) is 28.2 Å². The highest BCUT2D eigenvalue weighted by atomic mass is 79.9. The molecule has 0 spiro atoms. The minimum Gasteiger partial charge on any atom is -0.497 e. The van der Waals surface area contributed by atoms with E-state index in [1.54, 1.807) is 7.11 Å². The van der Waals surface area contributed by atoms with E-state index >= 15 is 0 Å². The van der Waals surface area contributed by atoms with Gasteiger partial charge in [0.2, 0.25) is 0 Å². The van der Waals surface area contributed by atoms with Crippen molar-refractivity contribution in [3.8, 4) is 5.75 Å². The van der Waals surface area contributed by atoms with Gasteiger partial charge in [-0.05, 0) is 30.2 Å². The van der Waals surface area contributed by atoms with E-state index in [2.05, 4.69) is 15.9 Å². The largest absolute Gasteiger partial charge is 0.497 e. The molecule has 2 unspecified atom stereocenters. The molecule has 0 radical (unpaired) electrons. The second kappa shape index (κ2) is 5.17. The fraction of sp³-hybridized carbons (Fsp3) is 0.500. The molecular weight excluding hydrogens is 272 g/mol. The molecule has 4 heteroatoms. The second-order valence-corrected chi connectivity index (χ2v) is 4.76. The standard InChI is InChI=1S/C12H15BrO3/c1-15-9-2-3-11(13)10(6-9)12-8(7-14)4-5-16-12/h2-3,6,8,12,14H,4-5,7H2,1H3. The molecule has 0 amide bonds. The molecule has 1 aliphatic rings. The average molecular weight is 287 g/mol. The van der Waals surface area contributed by atoms with Gasteiger partial charge in [0, 0.05) is 23.6 Å². The van der Waals surface area contributed by atoms with E-state index in [-0.39, 0.29) is 18.6 Å². The second-order valence-electron chi connectivity index (χ2n) is 3.91. The van der Waals surface area contributed by atoms with E-state index < -0.39 is 0 Å². The first kappa shape index (κ1) is 11.9. The monoisotopic (exact) mass is 286 g/mol. The number of halogens is 1. The van der Waals surface area contributed by atoms with E-state index in [4.69, 9.17) is 9.47 Å². The maximum absolute atomic E-state index is 9.29. The van der Waals surface area contributed by atoms with Crippen LogP contribution in [0.25, 0.3) is 0 Å². The molecule has 0 aliphatic carbocycles. The molecule has 0 aromatic heterocycles. The fourth-order valence-corrected chi connectivity index (χ4v) is 2.50. The molecule has 1 aliphatic heterocycles. The number of hydrogen-bond donors (Lipinski definition) is 1. The number of ether oxygens (including phenoxy) is 2. The fourth-order valence-electron chi connectivity index (χ4n) is 2.03. The Balaban J connectivity index is 2.31. The number of aliphatic hydroxyl groups excluding tert-OH is 1. The first-order valence-corrected chi connectivity index (χ1v) is 6.11. The lowest BCUT2D eigenvalue weighted by Crippen LogP contribution is -2.12. The van der Waals surface area contributed by atoms with Crippen LogP contribution in [0.4, 0.5) is 0 Å². The van der Waals surface area contributed by atoms with E-state index in [0.717, 1.165) is 22.2 Å². The van der Waals surface area contributed by atoms with Crippen molar-refractivity contribution in [3.63, 3.8) is 0 Å². The van der Waals surface area contributed by atoms with Gasteiger partial charge in [-0.1, -0.05) is 15.9 Å². The first-order chi connectivity index (χ1) is 7.76. The molecule has 1 aromatic rings. The Labute approximate surface area is 104 Å². The molecule has 88 valence electrons. The van der Waals surface area contributed by atoms with Crippen molar-refractivity contribution in [2.45, 2.75) is 12.5 Å². The summed E-state index contributed by atoms with van der Waals surface area (Å²) in [5.41, 5.74) is 1.05. The number of benzene rings is 1. The summed E-state index contributed by atoms with van der Waals surface area (Å²) in [6, 6.07) is 5.81. The van der Waals surface area contributed by atoms with Crippen molar-refractivity contribution < 1.29 is 14.6 Å². The average Bonchev–Trinajstić information content (AvgIpc) is 2.77. The number of hydrogen-bond acceptors (Lipinski definition) is 3. The van der Waals surface area contributed by atoms with Gasteiger partial charge in [0.1, 0.15) is 5.75 Å². The molecule has 3 nitrogen and oxygen atoms in total. The molecule has 1 heterocycles. The third-order valence-corrected chi connectivity index (χ3v) is 3.68. The highest BCUT2D eigenvalue weighted by molar-refractivity contribution is 9.10. The number of methoxy groups -OCH3 is 1. The molecule has 16 heavy (non-hydrogen) atoms. The summed E-state index contributed by atoms with van der Waals surface area (Å²) in [5.74, 6) is 0.994. The van der Waals surface area contributed by atoms with Crippen molar-refractivity contribution in [1.29, 1.82) is 0 Å². The van der Waals surface area contributed by atoms with Gasteiger partial charge in [-0.2, -0.15) is 0 Å². The highest BCUT2D eigenvalue weighted by Gasteiger charge is 2.30. The van der Waals surface area contributed by atoms with Gasteiger partial charge in [-0.15, -0.1) is 0 Å². The lowest BCUT2D eigenvalue weighted by atomic mass is 9.96. The molecule has 0 saturated carbocycles. The minimum absolute atomic E-state index is 0.0329. The van der Waals surface area contributed by atoms with E-state index in [0.29, 0.717) is 6.61 Å². The number of rotatable bonds is 3. The molecule has 1 fully saturated rings. The lowest BCUT2D eigenvalue weighted by Gasteiger charge is -2.18. The number of aliphatic hydroxyl groups is 1. The van der Waals surface area contributed by atoms with Crippen LogP contribution in [0.5, 0.6) is 5.75 Å². The normalized spacial score (nSPS) is 24.7. The third kappa shape index (κ3) is 2.24. The van der Waals surface area contributed by atoms with Gasteiger partial charge < -0.3 is 14.6 Å². The van der Waals surface area contributed by atoms with Crippen molar-refractivity contribution in [2.75, 3.05) is 20.3 Å². The summed E-state index contributed by atoms with van der Waals surface area (Å²) >= 11 is 3.51. The predicted molar refractivity (Wildman–Crippen MR) is 64.6 cm³/mol. The van der Waals surface area contributed by atoms with Crippen LogP contribution in [0.3, 0.4) is 0 Å². The van der Waals surface area contributed by atoms with E-state index in [1.165, 1.54) is 0 Å². The zero-order valence-corrected chi connectivity index (χ0v) is 10.7. The molecule has 1 aromatic carbocycles. The Hall–Kier alpha value is -0.580. The Bertz CT molecular complexity index is 367. The predicted octanol–water partition coefficient (Wildman–Crippen LogP) is 2.53. The van der Waals surface area contributed by atoms with Crippen LogP contribution in [0, 0.1) is 5.92 Å². The van der Waals surface area contributed by atoms with Crippen LogP contribution >= 0.6 is 15.9 Å². The molecule has 0 bridgehead atoms. The van der Waals surface area contributed by atoms with Crippen LogP contribution in [-0.2, 0) is 4.74 Å². The summed E-state index contributed by atoms with van der Waals surface area (Å²) in [6.45, 7) is 0.869. The Morgan fingerprint density at radius 2 is 2.38 bits per heavy atom. The van der Waals surface area contributed by atoms with Crippen LogP contribution in [0.15, 0.2) is 22.7 Å². The zero-order chi connectivity index (χ0) is 11.5. The van der Waals surface area contributed by atoms with Gasteiger partial charge in [0.15, 0.2) is 0 Å². The van der Waals surface area contributed by atoms with Crippen LogP contribution in [0.1, 0.15) is 18.1 Å². The molecule has 2 atom stereocenters. The van der Waals surface area contributed by atoms with Gasteiger partial charge in [-0.25, -0.2) is 0 Å². The Morgan fingerprint density at radius 1 is 1.56 bits per heavy atom. The van der Waals surface area contributed by atoms with E-state index in [1.807, 2.05) is 18.2 Å². The summed E-state index contributed by atoms with van der Waals surface area (Å²) in [7, 11) is 1.64. The van der Waals surface area contributed by atoms with Gasteiger partial charge in [0.05, 0.1) is 13.2 Å². The van der Waals surface area contributed by atoms with Gasteiger partial charge in [-0.3, -0.25) is 0 Å². The quantitative estimate of drug-likeness (QED) is 0.928. The third-order valence-electron chi connectivity index (χ3n) is 2.96.